The zero-order chi connectivity index (χ0) is 18.0. The minimum Gasteiger partial charge on any atom is -0.488 e. The van der Waals surface area contributed by atoms with Gasteiger partial charge in [-0.15, -0.1) is 0 Å². The first-order chi connectivity index (χ1) is 12.0. The zero-order valence-corrected chi connectivity index (χ0v) is 13.7. The summed E-state index contributed by atoms with van der Waals surface area (Å²) >= 11 is 0. The molecule has 3 rings (SSSR count). The molecule has 1 atom stereocenters. The van der Waals surface area contributed by atoms with Crippen molar-refractivity contribution >= 4 is 11.6 Å². The number of carbonyl (C=O) groups excluding carboxylic acids is 1. The third-order valence-electron chi connectivity index (χ3n) is 3.56. The Bertz CT molecular complexity index is 926. The summed E-state index contributed by atoms with van der Waals surface area (Å²) in [6.07, 6.45) is 3.28. The number of aryl methyl sites for hydroxylation is 1. The number of nitrogens with zero attached hydrogens (tertiary/aromatic N) is 3. The molecule has 8 heteroatoms. The Labute approximate surface area is 142 Å². The van der Waals surface area contributed by atoms with Crippen molar-refractivity contribution in [2.24, 2.45) is 0 Å². The highest BCUT2D eigenvalue weighted by Crippen LogP contribution is 2.18. The number of carbonyl (C=O) groups is 1. The number of nitrogens with one attached hydrogen (secondary N) is 1. The molecule has 0 saturated heterocycles. The van der Waals surface area contributed by atoms with Crippen molar-refractivity contribution in [3.8, 4) is 5.75 Å². The first-order valence-electron chi connectivity index (χ1n) is 7.64. The van der Waals surface area contributed by atoms with E-state index in [0.717, 1.165) is 12.1 Å². The maximum atomic E-state index is 13.5. The summed E-state index contributed by atoms with van der Waals surface area (Å²) < 4.78 is 33.2. The van der Waals surface area contributed by atoms with Gasteiger partial charge in [0.15, 0.2) is 17.2 Å². The van der Waals surface area contributed by atoms with Crippen LogP contribution in [-0.4, -0.2) is 33.2 Å². The minimum atomic E-state index is -0.791. The first-order valence-corrected chi connectivity index (χ1v) is 7.64. The Balaban J connectivity index is 1.67. The molecule has 1 aromatic carbocycles. The number of amides is 1. The van der Waals surface area contributed by atoms with Gasteiger partial charge in [0.25, 0.3) is 5.91 Å². The lowest BCUT2D eigenvalue weighted by atomic mass is 10.2. The Morgan fingerprint density at radius 1 is 1.40 bits per heavy atom. The van der Waals surface area contributed by atoms with E-state index in [1.807, 2.05) is 0 Å². The average molecular weight is 346 g/mol. The van der Waals surface area contributed by atoms with Crippen molar-refractivity contribution in [1.82, 2.24) is 19.9 Å². The van der Waals surface area contributed by atoms with Gasteiger partial charge in [-0.2, -0.15) is 5.10 Å². The van der Waals surface area contributed by atoms with Gasteiger partial charge in [-0.25, -0.2) is 18.3 Å². The number of halogens is 2. The molecule has 130 valence electrons. The van der Waals surface area contributed by atoms with Crippen LogP contribution in [0.25, 0.3) is 5.65 Å². The van der Waals surface area contributed by atoms with E-state index in [2.05, 4.69) is 15.4 Å². The highest BCUT2D eigenvalue weighted by molar-refractivity contribution is 6.01. The van der Waals surface area contributed by atoms with Crippen LogP contribution in [0.15, 0.2) is 36.7 Å². The first kappa shape index (κ1) is 16.8. The summed E-state index contributed by atoms with van der Waals surface area (Å²) in [5.74, 6) is -1.89. The molecule has 1 unspecified atom stereocenters. The molecule has 1 amide bonds. The molecule has 25 heavy (non-hydrogen) atoms. The van der Waals surface area contributed by atoms with Gasteiger partial charge in [0.05, 0.1) is 11.7 Å². The predicted octanol–water partition coefficient (Wildman–Crippen LogP) is 2.51. The number of hydrogen-bond acceptors (Lipinski definition) is 4. The molecule has 0 fully saturated rings. The molecule has 1 N–H and O–H groups in total. The summed E-state index contributed by atoms with van der Waals surface area (Å²) in [4.78, 5) is 16.7. The molecule has 0 radical (unpaired) electrons. The molecule has 2 heterocycles. The van der Waals surface area contributed by atoms with Gasteiger partial charge in [-0.3, -0.25) is 4.79 Å². The molecule has 2 aromatic heterocycles. The van der Waals surface area contributed by atoms with Crippen LogP contribution in [0.1, 0.15) is 23.0 Å². The molecule has 6 nitrogen and oxygen atoms in total. The Morgan fingerprint density at radius 2 is 2.20 bits per heavy atom. The molecule has 0 aliphatic rings. The van der Waals surface area contributed by atoms with Crippen molar-refractivity contribution in [3.05, 3.63) is 59.6 Å². The SMILES string of the molecule is Cc1nn2cccnc2c1C(=O)NC(C)COc1ccc(F)cc1F. The van der Waals surface area contributed by atoms with Gasteiger partial charge in [0.1, 0.15) is 18.0 Å². The monoisotopic (exact) mass is 346 g/mol. The highest BCUT2D eigenvalue weighted by atomic mass is 19.1. The van der Waals surface area contributed by atoms with Gasteiger partial charge < -0.3 is 10.1 Å². The van der Waals surface area contributed by atoms with Crippen molar-refractivity contribution < 1.29 is 18.3 Å². The van der Waals surface area contributed by atoms with Gasteiger partial charge in [0.2, 0.25) is 0 Å². The van der Waals surface area contributed by atoms with Crippen LogP contribution in [0.2, 0.25) is 0 Å². The second kappa shape index (κ2) is 6.84. The molecule has 0 aliphatic carbocycles. The van der Waals surface area contributed by atoms with E-state index in [-0.39, 0.29) is 18.3 Å². The molecule has 0 spiro atoms. The van der Waals surface area contributed by atoms with E-state index in [1.54, 1.807) is 32.3 Å². The zero-order valence-electron chi connectivity index (χ0n) is 13.7. The van der Waals surface area contributed by atoms with Crippen molar-refractivity contribution in [1.29, 1.82) is 0 Å². The molecular weight excluding hydrogens is 330 g/mol. The summed E-state index contributed by atoms with van der Waals surface area (Å²) in [7, 11) is 0. The lowest BCUT2D eigenvalue weighted by Crippen LogP contribution is -2.37. The molecule has 0 bridgehead atoms. The summed E-state index contributed by atoms with van der Waals surface area (Å²) in [5.41, 5.74) is 1.38. The fraction of sp³-hybridized carbons (Fsp3) is 0.235. The van der Waals surface area contributed by atoms with E-state index < -0.39 is 17.7 Å². The summed E-state index contributed by atoms with van der Waals surface area (Å²) in [5, 5.41) is 6.99. The third kappa shape index (κ3) is 3.57. The van der Waals surface area contributed by atoms with Crippen molar-refractivity contribution in [3.63, 3.8) is 0 Å². The Morgan fingerprint density at radius 3 is 2.96 bits per heavy atom. The van der Waals surface area contributed by atoms with Crippen LogP contribution < -0.4 is 10.1 Å². The number of ether oxygens (including phenoxy) is 1. The quantitative estimate of drug-likeness (QED) is 0.771. The van der Waals surface area contributed by atoms with Crippen LogP contribution in [0.5, 0.6) is 5.75 Å². The van der Waals surface area contributed by atoms with E-state index in [1.165, 1.54) is 10.6 Å². The maximum absolute atomic E-state index is 13.5. The van der Waals surface area contributed by atoms with Crippen LogP contribution in [0, 0.1) is 18.6 Å². The van der Waals surface area contributed by atoms with E-state index in [0.29, 0.717) is 16.9 Å². The van der Waals surface area contributed by atoms with Gasteiger partial charge in [-0.1, -0.05) is 0 Å². The van der Waals surface area contributed by atoms with Gasteiger partial charge in [0, 0.05) is 18.5 Å². The normalized spacial score (nSPS) is 12.2. The fourth-order valence-electron chi connectivity index (χ4n) is 2.41. The molecular formula is C17H16F2N4O2. The predicted molar refractivity (Wildman–Crippen MR) is 86.5 cm³/mol. The van der Waals surface area contributed by atoms with E-state index >= 15 is 0 Å². The van der Waals surface area contributed by atoms with E-state index in [9.17, 15) is 13.6 Å². The highest BCUT2D eigenvalue weighted by Gasteiger charge is 2.20. The Kier molecular flexibility index (Phi) is 4.60. The van der Waals surface area contributed by atoms with Crippen LogP contribution >= 0.6 is 0 Å². The topological polar surface area (TPSA) is 68.5 Å². The number of aromatic nitrogens is 3. The number of rotatable bonds is 5. The number of fused-ring (bicyclic) bond motifs is 1. The molecule has 0 saturated carbocycles. The summed E-state index contributed by atoms with van der Waals surface area (Å²) in [6, 6.07) is 4.37. The largest absolute Gasteiger partial charge is 0.488 e. The van der Waals surface area contributed by atoms with Crippen LogP contribution in [0.4, 0.5) is 8.78 Å². The van der Waals surface area contributed by atoms with Gasteiger partial charge >= 0.3 is 0 Å². The molecule has 3 aromatic rings. The van der Waals surface area contributed by atoms with Crippen molar-refractivity contribution in [2.45, 2.75) is 19.9 Å². The van der Waals surface area contributed by atoms with Gasteiger partial charge in [-0.05, 0) is 32.0 Å². The Hall–Kier alpha value is -3.03. The van der Waals surface area contributed by atoms with E-state index in [4.69, 9.17) is 4.74 Å². The molecule has 0 aliphatic heterocycles. The van der Waals surface area contributed by atoms with Crippen LogP contribution in [0.3, 0.4) is 0 Å². The standard InChI is InChI=1S/C17H16F2N4O2/c1-10(9-25-14-5-4-12(18)8-13(14)19)21-17(24)15-11(2)22-23-7-3-6-20-16(15)23/h3-8,10H,9H2,1-2H3,(H,21,24). The average Bonchev–Trinajstić information content (AvgIpc) is 2.89. The second-order valence-electron chi connectivity index (χ2n) is 5.61. The lowest BCUT2D eigenvalue weighted by molar-refractivity contribution is 0.0927. The second-order valence-corrected chi connectivity index (χ2v) is 5.61. The number of hydrogen-bond donors (Lipinski definition) is 1. The maximum Gasteiger partial charge on any atom is 0.257 e. The smallest absolute Gasteiger partial charge is 0.257 e. The fourth-order valence-corrected chi connectivity index (χ4v) is 2.41. The summed E-state index contributed by atoms with van der Waals surface area (Å²) in [6.45, 7) is 3.46. The number of benzene rings is 1. The minimum absolute atomic E-state index is 0.0278. The lowest BCUT2D eigenvalue weighted by Gasteiger charge is -2.15. The van der Waals surface area contributed by atoms with Crippen molar-refractivity contribution in [2.75, 3.05) is 6.61 Å². The third-order valence-corrected chi connectivity index (χ3v) is 3.56. The van der Waals surface area contributed by atoms with Crippen LogP contribution in [-0.2, 0) is 0 Å².